The zero-order valence-electron chi connectivity index (χ0n) is 12.3. The third kappa shape index (κ3) is 3.09. The summed E-state index contributed by atoms with van der Waals surface area (Å²) in [6, 6.07) is 12.9. The second-order valence-electron chi connectivity index (χ2n) is 5.83. The van der Waals surface area contributed by atoms with Crippen molar-refractivity contribution in [3.8, 4) is 0 Å². The topological polar surface area (TPSA) is 41.1 Å². The molecule has 2 aromatic rings. The van der Waals surface area contributed by atoms with E-state index in [0.29, 0.717) is 0 Å². The second kappa shape index (κ2) is 5.65. The molecule has 0 spiro atoms. The Morgan fingerprint density at radius 2 is 2.00 bits per heavy atom. The highest BCUT2D eigenvalue weighted by Crippen LogP contribution is 2.26. The van der Waals surface area contributed by atoms with Crippen LogP contribution in [0.4, 0.5) is 8.78 Å². The molecule has 0 aliphatic carbocycles. The van der Waals surface area contributed by atoms with E-state index in [9.17, 15) is 13.6 Å². The average Bonchev–Trinajstić information content (AvgIpc) is 2.87. The third-order valence-corrected chi connectivity index (χ3v) is 4.06. The minimum atomic E-state index is -2.80. The van der Waals surface area contributed by atoms with E-state index < -0.39 is 24.9 Å². The maximum absolute atomic E-state index is 13.1. The number of rotatable bonds is 3. The second-order valence-corrected chi connectivity index (χ2v) is 5.83. The number of hydrogen-bond acceptors (Lipinski definition) is 2. The largest absolute Gasteiger partial charge is 0.348 e. The number of carbonyl (C=O) groups is 1. The lowest BCUT2D eigenvalue weighted by atomic mass is 10.0. The van der Waals surface area contributed by atoms with Gasteiger partial charge in [-0.15, -0.1) is 0 Å². The van der Waals surface area contributed by atoms with Gasteiger partial charge in [0, 0.05) is 6.42 Å². The molecule has 2 aromatic carbocycles. The average molecular weight is 304 g/mol. The van der Waals surface area contributed by atoms with E-state index in [4.69, 9.17) is 0 Å². The normalized spacial score (nSPS) is 21.7. The van der Waals surface area contributed by atoms with E-state index in [-0.39, 0.29) is 11.9 Å². The standard InChI is InChI=1S/C17H18F2N2O/c1-11(21-16(22)15-9-17(18,19)10-20-15)13-7-6-12-4-2-3-5-14(12)8-13/h2-8,11,15,20H,9-10H2,1H3,(H,21,22). The van der Waals surface area contributed by atoms with Gasteiger partial charge in [-0.05, 0) is 29.3 Å². The minimum absolute atomic E-state index is 0.229. The van der Waals surface area contributed by atoms with Crippen LogP contribution in [0.1, 0.15) is 24.9 Å². The number of carbonyl (C=O) groups excluding carboxylic acids is 1. The van der Waals surface area contributed by atoms with Gasteiger partial charge in [0.25, 0.3) is 5.92 Å². The van der Waals surface area contributed by atoms with E-state index in [1.807, 2.05) is 49.4 Å². The van der Waals surface area contributed by atoms with Crippen molar-refractivity contribution in [2.24, 2.45) is 0 Å². The molecule has 3 rings (SSSR count). The molecule has 0 saturated carbocycles. The number of nitrogens with one attached hydrogen (secondary N) is 2. The van der Waals surface area contributed by atoms with Crippen LogP contribution >= 0.6 is 0 Å². The van der Waals surface area contributed by atoms with Crippen molar-refractivity contribution in [2.75, 3.05) is 6.54 Å². The Morgan fingerprint density at radius 3 is 2.68 bits per heavy atom. The van der Waals surface area contributed by atoms with E-state index >= 15 is 0 Å². The van der Waals surface area contributed by atoms with Crippen LogP contribution in [0.3, 0.4) is 0 Å². The molecule has 22 heavy (non-hydrogen) atoms. The third-order valence-electron chi connectivity index (χ3n) is 4.06. The van der Waals surface area contributed by atoms with Crippen molar-refractivity contribution in [1.82, 2.24) is 10.6 Å². The van der Waals surface area contributed by atoms with Crippen molar-refractivity contribution in [3.63, 3.8) is 0 Å². The quantitative estimate of drug-likeness (QED) is 0.915. The maximum atomic E-state index is 13.1. The van der Waals surface area contributed by atoms with Crippen LogP contribution in [0.5, 0.6) is 0 Å². The molecule has 1 aliphatic heterocycles. The van der Waals surface area contributed by atoms with Crippen molar-refractivity contribution >= 4 is 16.7 Å². The number of alkyl halides is 2. The van der Waals surface area contributed by atoms with Gasteiger partial charge in [0.05, 0.1) is 18.6 Å². The molecule has 1 fully saturated rings. The Morgan fingerprint density at radius 1 is 1.27 bits per heavy atom. The minimum Gasteiger partial charge on any atom is -0.348 e. The first-order chi connectivity index (χ1) is 10.4. The van der Waals surface area contributed by atoms with Gasteiger partial charge in [-0.2, -0.15) is 0 Å². The number of amides is 1. The predicted molar refractivity (Wildman–Crippen MR) is 81.9 cm³/mol. The Bertz CT molecular complexity index is 702. The fourth-order valence-electron chi connectivity index (χ4n) is 2.78. The summed E-state index contributed by atoms with van der Waals surface area (Å²) in [5.74, 6) is -3.17. The molecule has 5 heteroatoms. The smallest absolute Gasteiger partial charge is 0.262 e. The molecule has 1 saturated heterocycles. The lowest BCUT2D eigenvalue weighted by Gasteiger charge is -2.18. The first-order valence-electron chi connectivity index (χ1n) is 7.35. The predicted octanol–water partition coefficient (Wildman–Crippen LogP) is 3.01. The van der Waals surface area contributed by atoms with Gasteiger partial charge >= 0.3 is 0 Å². The van der Waals surface area contributed by atoms with E-state index in [1.165, 1.54) is 0 Å². The van der Waals surface area contributed by atoms with Crippen molar-refractivity contribution in [2.45, 2.75) is 31.4 Å². The summed E-state index contributed by atoms with van der Waals surface area (Å²) in [5.41, 5.74) is 0.955. The van der Waals surface area contributed by atoms with Gasteiger partial charge in [0.15, 0.2) is 0 Å². The highest BCUT2D eigenvalue weighted by atomic mass is 19.3. The van der Waals surface area contributed by atoms with Crippen LogP contribution in [0.15, 0.2) is 42.5 Å². The fourth-order valence-corrected chi connectivity index (χ4v) is 2.78. The lowest BCUT2D eigenvalue weighted by molar-refractivity contribution is -0.124. The summed E-state index contributed by atoms with van der Waals surface area (Å²) in [5, 5.41) is 7.59. The van der Waals surface area contributed by atoms with Gasteiger partial charge in [-0.25, -0.2) is 8.78 Å². The Kier molecular flexibility index (Phi) is 3.83. The van der Waals surface area contributed by atoms with Crippen LogP contribution in [-0.4, -0.2) is 24.4 Å². The summed E-state index contributed by atoms with van der Waals surface area (Å²) >= 11 is 0. The Balaban J connectivity index is 1.70. The zero-order valence-corrected chi connectivity index (χ0v) is 12.3. The SMILES string of the molecule is CC(NC(=O)C1CC(F)(F)CN1)c1ccc2ccccc2c1. The van der Waals surface area contributed by atoms with Crippen LogP contribution < -0.4 is 10.6 Å². The van der Waals surface area contributed by atoms with Crippen LogP contribution in [0.2, 0.25) is 0 Å². The molecular formula is C17H18F2N2O. The molecule has 2 N–H and O–H groups in total. The molecule has 3 nitrogen and oxygen atoms in total. The number of benzene rings is 2. The fraction of sp³-hybridized carbons (Fsp3) is 0.353. The molecular weight excluding hydrogens is 286 g/mol. The van der Waals surface area contributed by atoms with E-state index in [1.54, 1.807) is 0 Å². The first-order valence-corrected chi connectivity index (χ1v) is 7.35. The number of fused-ring (bicyclic) bond motifs is 1. The van der Waals surface area contributed by atoms with Gasteiger partial charge in [0.1, 0.15) is 0 Å². The highest BCUT2D eigenvalue weighted by Gasteiger charge is 2.42. The molecule has 0 bridgehead atoms. The van der Waals surface area contributed by atoms with Crippen LogP contribution in [0, 0.1) is 0 Å². The summed E-state index contributed by atoms with van der Waals surface area (Å²) in [6.45, 7) is 1.42. The Hall–Kier alpha value is -2.01. The molecule has 0 aromatic heterocycles. The molecule has 0 radical (unpaired) electrons. The summed E-state index contributed by atoms with van der Waals surface area (Å²) in [4.78, 5) is 12.1. The molecule has 2 atom stereocenters. The van der Waals surface area contributed by atoms with Crippen molar-refractivity contribution < 1.29 is 13.6 Å². The first kappa shape index (κ1) is 14.9. The summed E-state index contributed by atoms with van der Waals surface area (Å²) < 4.78 is 26.3. The molecule has 116 valence electrons. The number of hydrogen-bond donors (Lipinski definition) is 2. The molecule has 1 aliphatic rings. The van der Waals surface area contributed by atoms with E-state index in [2.05, 4.69) is 10.6 Å². The van der Waals surface area contributed by atoms with E-state index in [0.717, 1.165) is 16.3 Å². The molecule has 1 heterocycles. The lowest BCUT2D eigenvalue weighted by Crippen LogP contribution is -2.41. The number of halogens is 2. The van der Waals surface area contributed by atoms with Gasteiger partial charge in [-0.1, -0.05) is 36.4 Å². The maximum Gasteiger partial charge on any atom is 0.262 e. The zero-order chi connectivity index (χ0) is 15.7. The molecule has 2 unspecified atom stereocenters. The highest BCUT2D eigenvalue weighted by molar-refractivity contribution is 5.84. The Labute approximate surface area is 127 Å². The molecule has 1 amide bonds. The summed E-state index contributed by atoms with van der Waals surface area (Å²) in [6.07, 6.45) is -0.441. The van der Waals surface area contributed by atoms with Gasteiger partial charge < -0.3 is 5.32 Å². The van der Waals surface area contributed by atoms with Gasteiger partial charge in [0.2, 0.25) is 5.91 Å². The van der Waals surface area contributed by atoms with Crippen LogP contribution in [-0.2, 0) is 4.79 Å². The van der Waals surface area contributed by atoms with Crippen molar-refractivity contribution in [1.29, 1.82) is 0 Å². The van der Waals surface area contributed by atoms with Gasteiger partial charge in [-0.3, -0.25) is 10.1 Å². The van der Waals surface area contributed by atoms with Crippen molar-refractivity contribution in [3.05, 3.63) is 48.0 Å². The monoisotopic (exact) mass is 304 g/mol. The summed E-state index contributed by atoms with van der Waals surface area (Å²) in [7, 11) is 0. The van der Waals surface area contributed by atoms with Crippen LogP contribution in [0.25, 0.3) is 10.8 Å².